The average molecular weight is 349 g/mol. The van der Waals surface area contributed by atoms with Crippen molar-refractivity contribution >= 4 is 33.0 Å². The number of halogens is 3. The fourth-order valence-corrected chi connectivity index (χ4v) is 3.42. The van der Waals surface area contributed by atoms with Crippen LogP contribution in [-0.4, -0.2) is 19.3 Å². The van der Waals surface area contributed by atoms with Gasteiger partial charge in [-0.25, -0.2) is 12.8 Å². The molecule has 0 bridgehead atoms. The Balaban J connectivity index is 2.23. The Morgan fingerprint density at radius 2 is 1.67 bits per heavy atom. The summed E-state index contributed by atoms with van der Waals surface area (Å²) in [6.45, 7) is 0. The summed E-state index contributed by atoms with van der Waals surface area (Å²) in [7, 11) is -3.74. The van der Waals surface area contributed by atoms with Crippen LogP contribution in [0.2, 0.25) is 10.0 Å². The molecule has 7 heteroatoms. The van der Waals surface area contributed by atoms with E-state index in [2.05, 4.69) is 0 Å². The Labute approximate surface area is 131 Å². The van der Waals surface area contributed by atoms with E-state index in [0.29, 0.717) is 10.6 Å². The summed E-state index contributed by atoms with van der Waals surface area (Å²) >= 11 is 11.6. The normalized spacial score (nSPS) is 13.1. The number of hydrogen-bond acceptors (Lipinski definition) is 3. The Kier molecular flexibility index (Phi) is 4.88. The molecule has 2 aromatic rings. The van der Waals surface area contributed by atoms with Crippen LogP contribution in [0.1, 0.15) is 11.7 Å². The highest BCUT2D eigenvalue weighted by Crippen LogP contribution is 2.27. The van der Waals surface area contributed by atoms with E-state index in [4.69, 9.17) is 23.2 Å². The van der Waals surface area contributed by atoms with Crippen LogP contribution in [0.3, 0.4) is 0 Å². The van der Waals surface area contributed by atoms with Gasteiger partial charge in [-0.05, 0) is 42.0 Å². The molecule has 0 amide bonds. The maximum Gasteiger partial charge on any atom is 0.181 e. The van der Waals surface area contributed by atoms with Crippen LogP contribution in [0.25, 0.3) is 0 Å². The maximum atomic E-state index is 12.8. The molecular formula is C14H11Cl2FO3S. The first kappa shape index (κ1) is 16.2. The van der Waals surface area contributed by atoms with Crippen LogP contribution >= 0.6 is 23.2 Å². The van der Waals surface area contributed by atoms with Crippen LogP contribution in [0, 0.1) is 5.82 Å². The molecule has 0 saturated carbocycles. The van der Waals surface area contributed by atoms with Gasteiger partial charge in [0.25, 0.3) is 0 Å². The molecule has 3 nitrogen and oxygen atoms in total. The molecule has 112 valence electrons. The Hall–Kier alpha value is -1.14. The second-order valence-corrected chi connectivity index (χ2v) is 7.27. The lowest BCUT2D eigenvalue weighted by Gasteiger charge is -2.12. The number of aliphatic hydroxyl groups excluding tert-OH is 1. The third-order valence-electron chi connectivity index (χ3n) is 2.88. The molecule has 1 N–H and O–H groups in total. The van der Waals surface area contributed by atoms with Gasteiger partial charge in [0.2, 0.25) is 0 Å². The third-order valence-corrected chi connectivity index (χ3v) is 5.36. The van der Waals surface area contributed by atoms with Gasteiger partial charge in [0, 0.05) is 0 Å². The maximum absolute atomic E-state index is 12.8. The molecule has 0 fully saturated rings. The van der Waals surface area contributed by atoms with Crippen molar-refractivity contribution in [2.24, 2.45) is 0 Å². The highest BCUT2D eigenvalue weighted by atomic mass is 35.5. The van der Waals surface area contributed by atoms with Gasteiger partial charge in [0.15, 0.2) is 9.84 Å². The van der Waals surface area contributed by atoms with Gasteiger partial charge in [-0.1, -0.05) is 29.3 Å². The van der Waals surface area contributed by atoms with Crippen molar-refractivity contribution in [1.82, 2.24) is 0 Å². The van der Waals surface area contributed by atoms with E-state index < -0.39 is 27.5 Å². The first-order valence-electron chi connectivity index (χ1n) is 5.91. The van der Waals surface area contributed by atoms with Gasteiger partial charge in [0.05, 0.1) is 26.8 Å². The molecule has 2 rings (SSSR count). The lowest BCUT2D eigenvalue weighted by atomic mass is 10.1. The van der Waals surface area contributed by atoms with E-state index in [9.17, 15) is 17.9 Å². The Morgan fingerprint density at radius 3 is 2.24 bits per heavy atom. The van der Waals surface area contributed by atoms with Crippen LogP contribution in [-0.2, 0) is 9.84 Å². The zero-order valence-corrected chi connectivity index (χ0v) is 13.0. The van der Waals surface area contributed by atoms with Crippen LogP contribution in [0.4, 0.5) is 4.39 Å². The van der Waals surface area contributed by atoms with Gasteiger partial charge in [-0.2, -0.15) is 0 Å². The van der Waals surface area contributed by atoms with E-state index in [1.54, 1.807) is 0 Å². The van der Waals surface area contributed by atoms with Crippen LogP contribution < -0.4 is 0 Å². The first-order valence-corrected chi connectivity index (χ1v) is 8.32. The van der Waals surface area contributed by atoms with Crippen molar-refractivity contribution in [2.45, 2.75) is 11.0 Å². The minimum Gasteiger partial charge on any atom is -0.387 e. The molecule has 0 saturated heterocycles. The highest BCUT2D eigenvalue weighted by Gasteiger charge is 2.21. The summed E-state index contributed by atoms with van der Waals surface area (Å²) in [5, 5.41) is 10.6. The van der Waals surface area contributed by atoms with Gasteiger partial charge in [0.1, 0.15) is 5.82 Å². The predicted octanol–water partition coefficient (Wildman–Crippen LogP) is 3.64. The molecular weight excluding hydrogens is 338 g/mol. The van der Waals surface area contributed by atoms with Crippen molar-refractivity contribution in [1.29, 1.82) is 0 Å². The average Bonchev–Trinajstić information content (AvgIpc) is 2.41. The predicted molar refractivity (Wildman–Crippen MR) is 79.9 cm³/mol. The van der Waals surface area contributed by atoms with E-state index in [1.165, 1.54) is 18.2 Å². The molecule has 0 aliphatic carbocycles. The second-order valence-electron chi connectivity index (χ2n) is 4.42. The molecule has 0 aliphatic rings. The SMILES string of the molecule is O=S(=O)(C[C@@H](O)c1ccc(Cl)c(Cl)c1)c1ccc(F)cc1. The summed E-state index contributed by atoms with van der Waals surface area (Å²) in [5.41, 5.74) is 0.343. The fourth-order valence-electron chi connectivity index (χ4n) is 1.76. The fraction of sp³-hybridized carbons (Fsp3) is 0.143. The zero-order valence-electron chi connectivity index (χ0n) is 10.6. The van der Waals surface area contributed by atoms with Crippen molar-refractivity contribution in [3.63, 3.8) is 0 Å². The lowest BCUT2D eigenvalue weighted by Crippen LogP contribution is -2.14. The Bertz CT molecular complexity index is 745. The topological polar surface area (TPSA) is 54.4 Å². The molecule has 0 spiro atoms. The highest BCUT2D eigenvalue weighted by molar-refractivity contribution is 7.91. The van der Waals surface area contributed by atoms with E-state index in [0.717, 1.165) is 24.3 Å². The first-order chi connectivity index (χ1) is 9.79. The largest absolute Gasteiger partial charge is 0.387 e. The molecule has 0 unspecified atom stereocenters. The zero-order chi connectivity index (χ0) is 15.6. The molecule has 0 heterocycles. The molecule has 1 atom stereocenters. The van der Waals surface area contributed by atoms with Crippen molar-refractivity contribution < 1.29 is 17.9 Å². The third kappa shape index (κ3) is 3.95. The number of rotatable bonds is 4. The number of aliphatic hydroxyl groups is 1. The molecule has 0 aliphatic heterocycles. The lowest BCUT2D eigenvalue weighted by molar-refractivity contribution is 0.201. The van der Waals surface area contributed by atoms with Gasteiger partial charge in [-0.15, -0.1) is 0 Å². The Morgan fingerprint density at radius 1 is 1.05 bits per heavy atom. The van der Waals surface area contributed by atoms with Gasteiger partial charge >= 0.3 is 0 Å². The molecule has 21 heavy (non-hydrogen) atoms. The number of hydrogen-bond donors (Lipinski definition) is 1. The number of sulfone groups is 1. The van der Waals surface area contributed by atoms with Crippen molar-refractivity contribution in [2.75, 3.05) is 5.75 Å². The van der Waals surface area contributed by atoms with E-state index in [-0.39, 0.29) is 9.92 Å². The summed E-state index contributed by atoms with van der Waals surface area (Å²) in [6, 6.07) is 8.82. The smallest absolute Gasteiger partial charge is 0.181 e. The molecule has 0 radical (unpaired) electrons. The van der Waals surface area contributed by atoms with Gasteiger partial charge < -0.3 is 5.11 Å². The van der Waals surface area contributed by atoms with E-state index in [1.807, 2.05) is 0 Å². The van der Waals surface area contributed by atoms with Gasteiger partial charge in [-0.3, -0.25) is 0 Å². The summed E-state index contributed by atoms with van der Waals surface area (Å²) < 4.78 is 37.1. The summed E-state index contributed by atoms with van der Waals surface area (Å²) in [5.74, 6) is -1.06. The minimum atomic E-state index is -3.74. The standard InChI is InChI=1S/C14H11Cl2FO3S/c15-12-6-1-9(7-13(12)16)14(18)8-21(19,20)11-4-2-10(17)3-5-11/h1-7,14,18H,8H2/t14-/m1/s1. The minimum absolute atomic E-state index is 0.0528. The van der Waals surface area contributed by atoms with Crippen molar-refractivity contribution in [3.8, 4) is 0 Å². The van der Waals surface area contributed by atoms with Crippen LogP contribution in [0.5, 0.6) is 0 Å². The molecule has 2 aromatic carbocycles. The van der Waals surface area contributed by atoms with Crippen molar-refractivity contribution in [3.05, 3.63) is 63.9 Å². The molecule has 0 aromatic heterocycles. The number of benzene rings is 2. The second kappa shape index (κ2) is 6.32. The summed E-state index contributed by atoms with van der Waals surface area (Å²) in [4.78, 5) is -0.0528. The monoisotopic (exact) mass is 348 g/mol. The van der Waals surface area contributed by atoms with E-state index >= 15 is 0 Å². The quantitative estimate of drug-likeness (QED) is 0.858. The summed E-state index contributed by atoms with van der Waals surface area (Å²) in [6.07, 6.45) is -1.25. The van der Waals surface area contributed by atoms with Crippen LogP contribution in [0.15, 0.2) is 47.4 Å².